The van der Waals surface area contributed by atoms with Crippen LogP contribution in [0.2, 0.25) is 0 Å². The van der Waals surface area contributed by atoms with Crippen LogP contribution < -0.4 is 16.4 Å². The molecule has 0 heterocycles. The van der Waals surface area contributed by atoms with Crippen molar-refractivity contribution in [3.8, 4) is 0 Å². The molecule has 1 saturated carbocycles. The fourth-order valence-corrected chi connectivity index (χ4v) is 3.96. The molecule has 25 heavy (non-hydrogen) atoms. The molecule has 2 aliphatic carbocycles. The number of amides is 2. The summed E-state index contributed by atoms with van der Waals surface area (Å²) in [6.07, 6.45) is 8.71. The van der Waals surface area contributed by atoms with Crippen molar-refractivity contribution in [1.82, 2.24) is 10.6 Å². The Morgan fingerprint density at radius 1 is 0.960 bits per heavy atom. The van der Waals surface area contributed by atoms with Crippen molar-refractivity contribution in [2.75, 3.05) is 6.54 Å². The summed E-state index contributed by atoms with van der Waals surface area (Å²) in [5, 5.41) is 6.20. The number of benzene rings is 1. The van der Waals surface area contributed by atoms with Crippen LogP contribution >= 0.6 is 0 Å². The third-order valence-electron chi connectivity index (χ3n) is 5.41. The first-order valence-electron chi connectivity index (χ1n) is 9.58. The van der Waals surface area contributed by atoms with Gasteiger partial charge >= 0.3 is 0 Å². The van der Waals surface area contributed by atoms with E-state index in [2.05, 4.69) is 22.8 Å². The number of aryl methyl sites for hydroxylation is 2. The predicted octanol–water partition coefficient (Wildman–Crippen LogP) is 2.07. The van der Waals surface area contributed by atoms with Gasteiger partial charge in [-0.05, 0) is 74.6 Å². The molecule has 3 rings (SSSR count). The second-order valence-corrected chi connectivity index (χ2v) is 7.32. The number of nitrogens with two attached hydrogens (primary N) is 1. The molecular formula is C20H29N3O2. The second-order valence-electron chi connectivity index (χ2n) is 7.32. The lowest BCUT2D eigenvalue weighted by Crippen LogP contribution is -2.44. The quantitative estimate of drug-likeness (QED) is 0.765. The topological polar surface area (TPSA) is 84.2 Å². The first-order chi connectivity index (χ1) is 12.2. The molecule has 0 radical (unpaired) electrons. The fraction of sp³-hybridized carbons (Fsp3) is 0.600. The predicted molar refractivity (Wildman–Crippen MR) is 98.4 cm³/mol. The zero-order valence-corrected chi connectivity index (χ0v) is 14.9. The van der Waals surface area contributed by atoms with E-state index in [4.69, 9.17) is 5.73 Å². The maximum absolute atomic E-state index is 12.5. The van der Waals surface area contributed by atoms with Gasteiger partial charge in [0.15, 0.2) is 0 Å². The van der Waals surface area contributed by atoms with Crippen LogP contribution in [0.15, 0.2) is 18.2 Å². The van der Waals surface area contributed by atoms with E-state index in [9.17, 15) is 9.59 Å². The van der Waals surface area contributed by atoms with Crippen LogP contribution in [-0.2, 0) is 17.6 Å². The Balaban J connectivity index is 1.49. The van der Waals surface area contributed by atoms with Gasteiger partial charge in [0.25, 0.3) is 5.91 Å². The standard InChI is InChI=1S/C20H29N3O2/c21-12-11-19(24)22-17-7-9-18(10-8-17)23-20(25)16-6-5-14-3-1-2-4-15(14)13-16/h5-6,13,17-18H,1-4,7-12,21H2,(H,22,24)(H,23,25). The highest BCUT2D eigenvalue weighted by atomic mass is 16.2. The monoisotopic (exact) mass is 343 g/mol. The van der Waals surface area contributed by atoms with Crippen molar-refractivity contribution < 1.29 is 9.59 Å². The van der Waals surface area contributed by atoms with E-state index >= 15 is 0 Å². The summed E-state index contributed by atoms with van der Waals surface area (Å²) in [5.41, 5.74) is 8.92. The molecule has 0 aromatic heterocycles. The van der Waals surface area contributed by atoms with Gasteiger partial charge in [0.2, 0.25) is 5.91 Å². The average Bonchev–Trinajstić information content (AvgIpc) is 2.63. The minimum Gasteiger partial charge on any atom is -0.353 e. The van der Waals surface area contributed by atoms with E-state index in [0.717, 1.165) is 44.1 Å². The molecule has 2 amide bonds. The van der Waals surface area contributed by atoms with Crippen LogP contribution in [0, 0.1) is 0 Å². The van der Waals surface area contributed by atoms with Crippen molar-refractivity contribution >= 4 is 11.8 Å². The fourth-order valence-electron chi connectivity index (χ4n) is 3.96. The molecule has 0 unspecified atom stereocenters. The molecule has 136 valence electrons. The number of carbonyl (C=O) groups is 2. The number of nitrogens with one attached hydrogen (secondary N) is 2. The molecule has 0 saturated heterocycles. The van der Waals surface area contributed by atoms with E-state index < -0.39 is 0 Å². The Hall–Kier alpha value is -1.88. The molecule has 1 aromatic carbocycles. The summed E-state index contributed by atoms with van der Waals surface area (Å²) in [4.78, 5) is 24.2. The first-order valence-corrected chi connectivity index (χ1v) is 9.58. The second kappa shape index (κ2) is 8.48. The van der Waals surface area contributed by atoms with Gasteiger partial charge in [-0.15, -0.1) is 0 Å². The number of carbonyl (C=O) groups excluding carboxylic acids is 2. The van der Waals surface area contributed by atoms with Crippen LogP contribution in [0.1, 0.15) is 66.4 Å². The highest BCUT2D eigenvalue weighted by Gasteiger charge is 2.24. The van der Waals surface area contributed by atoms with Gasteiger partial charge < -0.3 is 16.4 Å². The lowest BCUT2D eigenvalue weighted by molar-refractivity contribution is -0.121. The lowest BCUT2D eigenvalue weighted by Gasteiger charge is -2.29. The normalized spacial score (nSPS) is 22.8. The summed E-state index contributed by atoms with van der Waals surface area (Å²) in [6.45, 7) is 0.387. The van der Waals surface area contributed by atoms with Crippen LogP contribution in [0.5, 0.6) is 0 Å². The minimum absolute atomic E-state index is 0.0315. The van der Waals surface area contributed by atoms with Crippen LogP contribution in [0.25, 0.3) is 0 Å². The van der Waals surface area contributed by atoms with E-state index in [-0.39, 0.29) is 23.9 Å². The van der Waals surface area contributed by atoms with Crippen molar-refractivity contribution in [2.24, 2.45) is 5.73 Å². The zero-order valence-electron chi connectivity index (χ0n) is 14.9. The maximum Gasteiger partial charge on any atom is 0.251 e. The molecular weight excluding hydrogens is 314 g/mol. The molecule has 5 heteroatoms. The van der Waals surface area contributed by atoms with Gasteiger partial charge in [-0.25, -0.2) is 0 Å². The number of hydrogen-bond acceptors (Lipinski definition) is 3. The highest BCUT2D eigenvalue weighted by Crippen LogP contribution is 2.23. The van der Waals surface area contributed by atoms with Crippen molar-refractivity contribution in [3.05, 3.63) is 34.9 Å². The Morgan fingerprint density at radius 3 is 2.28 bits per heavy atom. The molecule has 4 N–H and O–H groups in total. The Kier molecular flexibility index (Phi) is 6.08. The molecule has 0 aliphatic heterocycles. The average molecular weight is 343 g/mol. The van der Waals surface area contributed by atoms with Crippen LogP contribution in [-0.4, -0.2) is 30.4 Å². The van der Waals surface area contributed by atoms with Crippen molar-refractivity contribution in [2.45, 2.75) is 69.9 Å². The summed E-state index contributed by atoms with van der Waals surface area (Å²) < 4.78 is 0. The number of hydrogen-bond donors (Lipinski definition) is 3. The summed E-state index contributed by atoms with van der Waals surface area (Å²) in [5.74, 6) is 0.0630. The lowest BCUT2D eigenvalue weighted by atomic mass is 9.89. The van der Waals surface area contributed by atoms with Gasteiger partial charge in [-0.2, -0.15) is 0 Å². The molecule has 1 fully saturated rings. The number of fused-ring (bicyclic) bond motifs is 1. The van der Waals surface area contributed by atoms with Crippen LogP contribution in [0.4, 0.5) is 0 Å². The number of rotatable bonds is 5. The Labute approximate surface area is 149 Å². The summed E-state index contributed by atoms with van der Waals surface area (Å²) in [7, 11) is 0. The Morgan fingerprint density at radius 2 is 1.60 bits per heavy atom. The largest absolute Gasteiger partial charge is 0.353 e. The van der Waals surface area contributed by atoms with Gasteiger partial charge in [-0.1, -0.05) is 6.07 Å². The smallest absolute Gasteiger partial charge is 0.251 e. The molecule has 1 aromatic rings. The SMILES string of the molecule is NCCC(=O)NC1CCC(NC(=O)c2ccc3c(c2)CCCC3)CC1. The van der Waals surface area contributed by atoms with E-state index in [1.807, 2.05) is 6.07 Å². The van der Waals surface area contributed by atoms with Gasteiger partial charge in [-0.3, -0.25) is 9.59 Å². The molecule has 0 atom stereocenters. The first kappa shape index (κ1) is 17.9. The van der Waals surface area contributed by atoms with E-state index in [1.54, 1.807) is 0 Å². The van der Waals surface area contributed by atoms with E-state index in [1.165, 1.54) is 24.0 Å². The third-order valence-corrected chi connectivity index (χ3v) is 5.41. The zero-order chi connectivity index (χ0) is 17.6. The van der Waals surface area contributed by atoms with Crippen molar-refractivity contribution in [3.63, 3.8) is 0 Å². The summed E-state index contributed by atoms with van der Waals surface area (Å²) >= 11 is 0. The molecule has 5 nitrogen and oxygen atoms in total. The van der Waals surface area contributed by atoms with Gasteiger partial charge in [0.05, 0.1) is 0 Å². The highest BCUT2D eigenvalue weighted by molar-refractivity contribution is 5.94. The molecule has 0 bridgehead atoms. The minimum atomic E-state index is 0.0315. The molecule has 2 aliphatic rings. The Bertz CT molecular complexity index is 621. The summed E-state index contributed by atoms with van der Waals surface area (Å²) in [6, 6.07) is 6.57. The van der Waals surface area contributed by atoms with Crippen molar-refractivity contribution in [1.29, 1.82) is 0 Å². The van der Waals surface area contributed by atoms with Gasteiger partial charge in [0.1, 0.15) is 0 Å². The maximum atomic E-state index is 12.5. The van der Waals surface area contributed by atoms with Crippen LogP contribution in [0.3, 0.4) is 0 Å². The third kappa shape index (κ3) is 4.82. The molecule has 0 spiro atoms. The van der Waals surface area contributed by atoms with Gasteiger partial charge in [0, 0.05) is 30.6 Å². The van der Waals surface area contributed by atoms with E-state index in [0.29, 0.717) is 13.0 Å².